The number of nitrogens with zero attached hydrogens (tertiary/aromatic N) is 1. The lowest BCUT2D eigenvalue weighted by Crippen LogP contribution is -2.40. The van der Waals surface area contributed by atoms with Crippen LogP contribution in [0.15, 0.2) is 0 Å². The number of amides is 1. The summed E-state index contributed by atoms with van der Waals surface area (Å²) in [6.45, 7) is 5.05. The van der Waals surface area contributed by atoms with Gasteiger partial charge < -0.3 is 14.4 Å². The lowest BCUT2D eigenvalue weighted by atomic mass is 10.1. The number of hydrogen-bond donors (Lipinski definition) is 0. The Morgan fingerprint density at radius 2 is 1.93 bits per heavy atom. The third kappa shape index (κ3) is 3.90. The third-order valence-electron chi connectivity index (χ3n) is 2.55. The molecule has 0 N–H and O–H groups in total. The number of carbonyl (C=O) groups is 2. The van der Waals surface area contributed by atoms with Gasteiger partial charge >= 0.3 is 6.09 Å². The molecule has 4 nitrogen and oxygen atoms in total. The highest BCUT2D eigenvalue weighted by molar-refractivity contribution is 5.68. The van der Waals surface area contributed by atoms with E-state index < -0.39 is 5.60 Å². The molecule has 0 saturated carbocycles. The van der Waals surface area contributed by atoms with Gasteiger partial charge in [0.1, 0.15) is 11.9 Å². The summed E-state index contributed by atoms with van der Waals surface area (Å²) in [5, 5.41) is 0. The van der Waals surface area contributed by atoms with E-state index in [4.69, 9.17) is 4.74 Å². The largest absolute Gasteiger partial charge is 0.443 e. The number of ether oxygens (including phenoxy) is 1. The van der Waals surface area contributed by atoms with Crippen LogP contribution in [-0.2, 0) is 9.53 Å². The quantitative estimate of drug-likeness (QED) is 0.673. The molecular weight excluding hydrogens is 194 g/mol. The Bertz CT molecular complexity index is 232. The van der Waals surface area contributed by atoms with E-state index in [-0.39, 0.29) is 12.5 Å². The topological polar surface area (TPSA) is 46.6 Å². The summed E-state index contributed by atoms with van der Waals surface area (Å²) in [6.07, 6.45) is 4.01. The van der Waals surface area contributed by atoms with Crippen molar-refractivity contribution in [1.29, 1.82) is 0 Å². The van der Waals surface area contributed by atoms with Gasteiger partial charge in [-0.05, 0) is 33.1 Å². The van der Waals surface area contributed by atoms with Gasteiger partial charge in [-0.15, -0.1) is 0 Å². The highest BCUT2D eigenvalue weighted by Gasteiger charge is 2.26. The fourth-order valence-electron chi connectivity index (χ4n) is 1.62. The van der Waals surface area contributed by atoms with Gasteiger partial charge in [0.05, 0.1) is 0 Å². The first kappa shape index (κ1) is 12.0. The van der Waals surface area contributed by atoms with Crippen LogP contribution >= 0.6 is 0 Å². The maximum atomic E-state index is 11.7. The minimum absolute atomic E-state index is 0.243. The van der Waals surface area contributed by atoms with Crippen molar-refractivity contribution >= 4 is 12.4 Å². The van der Waals surface area contributed by atoms with Crippen molar-refractivity contribution in [1.82, 2.24) is 4.90 Å². The molecule has 1 aliphatic rings. The molecule has 4 heteroatoms. The molecule has 0 aromatic rings. The first-order valence-electron chi connectivity index (χ1n) is 5.47. The van der Waals surface area contributed by atoms with Gasteiger partial charge in [-0.25, -0.2) is 4.79 Å². The molecule has 15 heavy (non-hydrogen) atoms. The van der Waals surface area contributed by atoms with Gasteiger partial charge in [-0.2, -0.15) is 0 Å². The Balaban J connectivity index is 2.42. The molecule has 1 heterocycles. The summed E-state index contributed by atoms with van der Waals surface area (Å²) < 4.78 is 5.27. The van der Waals surface area contributed by atoms with E-state index in [0.29, 0.717) is 0 Å². The van der Waals surface area contributed by atoms with E-state index in [1.807, 2.05) is 0 Å². The maximum absolute atomic E-state index is 11.7. The van der Waals surface area contributed by atoms with Crippen molar-refractivity contribution in [3.8, 4) is 0 Å². The van der Waals surface area contributed by atoms with E-state index in [0.717, 1.165) is 32.2 Å². The molecule has 1 aliphatic heterocycles. The van der Waals surface area contributed by atoms with E-state index in [2.05, 4.69) is 0 Å². The van der Waals surface area contributed by atoms with Crippen molar-refractivity contribution in [3.63, 3.8) is 0 Å². The summed E-state index contributed by atoms with van der Waals surface area (Å²) in [5.74, 6) is 0. The lowest BCUT2D eigenvalue weighted by Gasteiger charge is -2.30. The second-order valence-corrected chi connectivity index (χ2v) is 4.55. The summed E-state index contributed by atoms with van der Waals surface area (Å²) in [4.78, 5) is 23.8. The molecule has 0 spiro atoms. The molecule has 0 aromatic carbocycles. The molecule has 0 unspecified atom stereocenters. The fourth-order valence-corrected chi connectivity index (χ4v) is 1.62. The molecule has 86 valence electrons. The number of hydrogen-bond acceptors (Lipinski definition) is 3. The van der Waals surface area contributed by atoms with Crippen molar-refractivity contribution in [3.05, 3.63) is 0 Å². The Morgan fingerprint density at radius 3 is 2.47 bits per heavy atom. The number of likely N-dealkylation sites (tertiary alicyclic amines) is 1. The molecule has 0 radical (unpaired) electrons. The van der Waals surface area contributed by atoms with E-state index in [1.54, 1.807) is 18.7 Å². The average Bonchev–Trinajstić information content (AvgIpc) is 2.18. The Morgan fingerprint density at radius 1 is 1.33 bits per heavy atom. The molecule has 0 aliphatic carbocycles. The van der Waals surface area contributed by atoms with Crippen LogP contribution in [0.5, 0.6) is 0 Å². The average molecular weight is 213 g/mol. The summed E-state index contributed by atoms with van der Waals surface area (Å²) in [7, 11) is 0. The minimum atomic E-state index is -0.684. The molecule has 1 saturated heterocycles. The minimum Gasteiger partial charge on any atom is -0.443 e. The molecule has 1 rings (SSSR count). The molecule has 1 amide bonds. The van der Waals surface area contributed by atoms with Gasteiger partial charge in [0.25, 0.3) is 0 Å². The normalized spacial score (nSPS) is 17.3. The second kappa shape index (κ2) is 5.14. The van der Waals surface area contributed by atoms with Gasteiger partial charge in [0.2, 0.25) is 0 Å². The van der Waals surface area contributed by atoms with Crippen LogP contribution < -0.4 is 0 Å². The smallest absolute Gasteiger partial charge is 0.410 e. The highest BCUT2D eigenvalue weighted by atomic mass is 16.6. The summed E-state index contributed by atoms with van der Waals surface area (Å²) in [6, 6.07) is 0. The van der Waals surface area contributed by atoms with E-state index in [1.165, 1.54) is 6.42 Å². The summed E-state index contributed by atoms with van der Waals surface area (Å²) in [5.41, 5.74) is -0.684. The van der Waals surface area contributed by atoms with Gasteiger partial charge in [0, 0.05) is 19.5 Å². The fraction of sp³-hybridized carbons (Fsp3) is 0.818. The Kier molecular flexibility index (Phi) is 4.12. The zero-order chi connectivity index (χ0) is 11.3. The van der Waals surface area contributed by atoms with Crippen LogP contribution in [0, 0.1) is 0 Å². The molecule has 0 bridgehead atoms. The van der Waals surface area contributed by atoms with Crippen LogP contribution in [-0.4, -0.2) is 36.0 Å². The van der Waals surface area contributed by atoms with E-state index in [9.17, 15) is 9.59 Å². The zero-order valence-corrected chi connectivity index (χ0v) is 9.49. The first-order chi connectivity index (χ1) is 7.05. The van der Waals surface area contributed by atoms with Crippen molar-refractivity contribution < 1.29 is 14.3 Å². The number of rotatable bonds is 3. The first-order valence-corrected chi connectivity index (χ1v) is 5.47. The van der Waals surface area contributed by atoms with Crippen LogP contribution in [0.1, 0.15) is 39.5 Å². The SMILES string of the molecule is CC(C)(CC=O)OC(=O)N1CCCCC1. The van der Waals surface area contributed by atoms with Crippen LogP contribution in [0.2, 0.25) is 0 Å². The number of aldehydes is 1. The van der Waals surface area contributed by atoms with Crippen LogP contribution in [0.3, 0.4) is 0 Å². The van der Waals surface area contributed by atoms with Gasteiger partial charge in [-0.1, -0.05) is 0 Å². The number of piperidine rings is 1. The zero-order valence-electron chi connectivity index (χ0n) is 9.49. The molecule has 1 fully saturated rings. The van der Waals surface area contributed by atoms with Gasteiger partial charge in [-0.3, -0.25) is 0 Å². The third-order valence-corrected chi connectivity index (χ3v) is 2.55. The molecular formula is C11H19NO3. The van der Waals surface area contributed by atoms with Crippen molar-refractivity contribution in [2.24, 2.45) is 0 Å². The van der Waals surface area contributed by atoms with Gasteiger partial charge in [0.15, 0.2) is 0 Å². The maximum Gasteiger partial charge on any atom is 0.410 e. The van der Waals surface area contributed by atoms with Crippen LogP contribution in [0.4, 0.5) is 4.79 Å². The van der Waals surface area contributed by atoms with E-state index >= 15 is 0 Å². The Labute approximate surface area is 90.6 Å². The second-order valence-electron chi connectivity index (χ2n) is 4.55. The predicted molar refractivity (Wildman–Crippen MR) is 56.7 cm³/mol. The molecule has 0 atom stereocenters. The lowest BCUT2D eigenvalue weighted by molar-refractivity contribution is -0.111. The summed E-state index contributed by atoms with van der Waals surface area (Å²) >= 11 is 0. The monoisotopic (exact) mass is 213 g/mol. The van der Waals surface area contributed by atoms with Crippen LogP contribution in [0.25, 0.3) is 0 Å². The van der Waals surface area contributed by atoms with Crippen molar-refractivity contribution in [2.45, 2.75) is 45.1 Å². The highest BCUT2D eigenvalue weighted by Crippen LogP contribution is 2.17. The molecule has 0 aromatic heterocycles. The van der Waals surface area contributed by atoms with Crippen molar-refractivity contribution in [2.75, 3.05) is 13.1 Å². The predicted octanol–water partition coefficient (Wildman–Crippen LogP) is 1.98. The number of carbonyl (C=O) groups excluding carboxylic acids is 2. The standard InChI is InChI=1S/C11H19NO3/c1-11(2,6-9-13)15-10(14)12-7-4-3-5-8-12/h9H,3-8H2,1-2H3. The Hall–Kier alpha value is -1.06.